The van der Waals surface area contributed by atoms with E-state index in [0.717, 1.165) is 11.3 Å². The Morgan fingerprint density at radius 3 is 2.92 bits per heavy atom. The Balaban J connectivity index is 2.60. The van der Waals surface area contributed by atoms with E-state index >= 15 is 0 Å². The van der Waals surface area contributed by atoms with Crippen LogP contribution in [0.4, 0.5) is 0 Å². The van der Waals surface area contributed by atoms with Crippen molar-refractivity contribution in [3.8, 4) is 0 Å². The lowest BCUT2D eigenvalue weighted by Crippen LogP contribution is -1.95. The van der Waals surface area contributed by atoms with Gasteiger partial charge in [-0.15, -0.1) is 0 Å². The van der Waals surface area contributed by atoms with Crippen LogP contribution in [-0.2, 0) is 0 Å². The van der Waals surface area contributed by atoms with Gasteiger partial charge in [-0.25, -0.2) is 4.98 Å². The molecule has 0 amide bonds. The van der Waals surface area contributed by atoms with Crippen molar-refractivity contribution in [2.24, 2.45) is 0 Å². The molecule has 0 saturated heterocycles. The van der Waals surface area contributed by atoms with Crippen molar-refractivity contribution in [2.75, 3.05) is 0 Å². The Morgan fingerprint density at radius 2 is 2.17 bits per heavy atom. The average molecular weight is 161 g/mol. The number of rotatable bonds is 1. The average Bonchev–Trinajstić information content (AvgIpc) is 2.49. The molecule has 0 N–H and O–H groups in total. The minimum atomic E-state index is 0.469. The van der Waals surface area contributed by atoms with Gasteiger partial charge < -0.3 is 4.40 Å². The van der Waals surface area contributed by atoms with Crippen LogP contribution in [-0.4, -0.2) is 14.4 Å². The molecule has 0 spiro atoms. The van der Waals surface area contributed by atoms with Crippen molar-refractivity contribution >= 4 is 5.65 Å². The Kier molecular flexibility index (Phi) is 1.57. The maximum absolute atomic E-state index is 4.30. The van der Waals surface area contributed by atoms with Gasteiger partial charge in [-0.05, 0) is 5.92 Å². The van der Waals surface area contributed by atoms with Crippen LogP contribution in [0.1, 0.15) is 25.5 Å². The molecule has 0 bridgehead atoms. The number of aromatic nitrogens is 3. The van der Waals surface area contributed by atoms with E-state index < -0.39 is 0 Å². The second-order valence-electron chi connectivity index (χ2n) is 3.16. The van der Waals surface area contributed by atoms with Crippen molar-refractivity contribution in [2.45, 2.75) is 19.8 Å². The molecular formula is C9H11N3. The smallest absolute Gasteiger partial charge is 0.155 e. The molecule has 62 valence electrons. The van der Waals surface area contributed by atoms with Crippen molar-refractivity contribution in [3.63, 3.8) is 0 Å². The fraction of sp³-hybridized carbons (Fsp3) is 0.333. The first-order valence-corrected chi connectivity index (χ1v) is 4.06. The first kappa shape index (κ1) is 7.28. The topological polar surface area (TPSA) is 30.2 Å². The molecule has 0 fully saturated rings. The first-order chi connectivity index (χ1) is 5.77. The van der Waals surface area contributed by atoms with Crippen LogP contribution >= 0.6 is 0 Å². The molecule has 2 heterocycles. The highest BCUT2D eigenvalue weighted by molar-refractivity contribution is 5.35. The molecule has 0 aromatic carbocycles. The molecule has 0 aliphatic rings. The maximum atomic E-state index is 4.30. The second kappa shape index (κ2) is 2.59. The summed E-state index contributed by atoms with van der Waals surface area (Å²) in [6, 6.07) is 0. The van der Waals surface area contributed by atoms with Gasteiger partial charge in [0.15, 0.2) is 5.65 Å². The van der Waals surface area contributed by atoms with E-state index in [1.54, 1.807) is 12.4 Å². The monoisotopic (exact) mass is 161 g/mol. The second-order valence-corrected chi connectivity index (χ2v) is 3.16. The van der Waals surface area contributed by atoms with Crippen LogP contribution in [0.25, 0.3) is 5.65 Å². The van der Waals surface area contributed by atoms with Gasteiger partial charge >= 0.3 is 0 Å². The zero-order valence-corrected chi connectivity index (χ0v) is 7.23. The fourth-order valence-electron chi connectivity index (χ4n) is 1.14. The zero-order chi connectivity index (χ0) is 8.55. The van der Waals surface area contributed by atoms with E-state index in [2.05, 4.69) is 23.8 Å². The third-order valence-electron chi connectivity index (χ3n) is 1.89. The number of fused-ring (bicyclic) bond motifs is 1. The minimum Gasteiger partial charge on any atom is -0.304 e. The summed E-state index contributed by atoms with van der Waals surface area (Å²) in [7, 11) is 0. The summed E-state index contributed by atoms with van der Waals surface area (Å²) < 4.78 is 1.99. The largest absolute Gasteiger partial charge is 0.304 e. The van der Waals surface area contributed by atoms with Crippen molar-refractivity contribution in [1.29, 1.82) is 0 Å². The molecule has 0 atom stereocenters. The van der Waals surface area contributed by atoms with Crippen molar-refractivity contribution in [3.05, 3.63) is 30.5 Å². The Labute approximate surface area is 71.1 Å². The lowest BCUT2D eigenvalue weighted by molar-refractivity contribution is 0.808. The Bertz CT molecular complexity index is 389. The molecule has 0 saturated carbocycles. The predicted octanol–water partition coefficient (Wildman–Crippen LogP) is 1.85. The maximum Gasteiger partial charge on any atom is 0.155 e. The van der Waals surface area contributed by atoms with E-state index in [9.17, 15) is 0 Å². The number of hydrogen-bond donors (Lipinski definition) is 0. The highest BCUT2D eigenvalue weighted by atomic mass is 15.0. The van der Waals surface area contributed by atoms with Gasteiger partial charge in [-0.2, -0.15) is 0 Å². The van der Waals surface area contributed by atoms with Crippen LogP contribution in [0.2, 0.25) is 0 Å². The van der Waals surface area contributed by atoms with Crippen molar-refractivity contribution in [1.82, 2.24) is 14.4 Å². The molecule has 12 heavy (non-hydrogen) atoms. The Morgan fingerprint density at radius 1 is 1.33 bits per heavy atom. The van der Waals surface area contributed by atoms with E-state index in [1.165, 1.54) is 0 Å². The summed E-state index contributed by atoms with van der Waals surface area (Å²) >= 11 is 0. The summed E-state index contributed by atoms with van der Waals surface area (Å²) in [6.07, 6.45) is 7.53. The van der Waals surface area contributed by atoms with Crippen LogP contribution in [0, 0.1) is 0 Å². The summed E-state index contributed by atoms with van der Waals surface area (Å²) in [4.78, 5) is 8.41. The van der Waals surface area contributed by atoms with Crippen LogP contribution in [0.15, 0.2) is 24.8 Å². The van der Waals surface area contributed by atoms with Crippen LogP contribution in [0.3, 0.4) is 0 Å². The van der Waals surface area contributed by atoms with Gasteiger partial charge in [0.1, 0.15) is 0 Å². The molecule has 0 unspecified atom stereocenters. The van der Waals surface area contributed by atoms with Gasteiger partial charge in [0.2, 0.25) is 0 Å². The summed E-state index contributed by atoms with van der Waals surface area (Å²) in [5.41, 5.74) is 2.00. The molecule has 0 aliphatic carbocycles. The lowest BCUT2D eigenvalue weighted by atomic mass is 10.1. The SMILES string of the molecule is CC(C)c1cn2ccnc2cn1. The molecule has 2 rings (SSSR count). The predicted molar refractivity (Wildman–Crippen MR) is 47.1 cm³/mol. The standard InChI is InChI=1S/C9H11N3/c1-7(2)8-6-12-4-3-10-9(12)5-11-8/h3-7H,1-2H3. The zero-order valence-electron chi connectivity index (χ0n) is 7.23. The van der Waals surface area contributed by atoms with E-state index in [-0.39, 0.29) is 0 Å². The van der Waals surface area contributed by atoms with Gasteiger partial charge in [-0.1, -0.05) is 13.8 Å². The van der Waals surface area contributed by atoms with Gasteiger partial charge in [0, 0.05) is 18.6 Å². The number of hydrogen-bond acceptors (Lipinski definition) is 2. The summed E-state index contributed by atoms with van der Waals surface area (Å²) in [6.45, 7) is 4.26. The quantitative estimate of drug-likeness (QED) is 0.639. The van der Waals surface area contributed by atoms with Crippen LogP contribution < -0.4 is 0 Å². The summed E-state index contributed by atoms with van der Waals surface area (Å²) in [5.74, 6) is 0.469. The van der Waals surface area contributed by atoms with Crippen molar-refractivity contribution < 1.29 is 0 Å². The van der Waals surface area contributed by atoms with E-state index in [1.807, 2.05) is 16.8 Å². The van der Waals surface area contributed by atoms with Gasteiger partial charge in [0.05, 0.1) is 11.9 Å². The van der Waals surface area contributed by atoms with Gasteiger partial charge in [0.25, 0.3) is 0 Å². The van der Waals surface area contributed by atoms with E-state index in [4.69, 9.17) is 0 Å². The molecule has 2 aromatic rings. The molecule has 0 radical (unpaired) electrons. The number of imidazole rings is 1. The minimum absolute atomic E-state index is 0.469. The third-order valence-corrected chi connectivity index (χ3v) is 1.89. The first-order valence-electron chi connectivity index (χ1n) is 4.06. The van der Waals surface area contributed by atoms with Crippen LogP contribution in [0.5, 0.6) is 0 Å². The van der Waals surface area contributed by atoms with Gasteiger partial charge in [-0.3, -0.25) is 4.98 Å². The molecule has 3 heteroatoms. The molecule has 0 aliphatic heterocycles. The lowest BCUT2D eigenvalue weighted by Gasteiger charge is -2.03. The highest BCUT2D eigenvalue weighted by Crippen LogP contribution is 2.10. The molecular weight excluding hydrogens is 150 g/mol. The third kappa shape index (κ3) is 1.07. The Hall–Kier alpha value is -1.38. The fourth-order valence-corrected chi connectivity index (χ4v) is 1.14. The highest BCUT2D eigenvalue weighted by Gasteiger charge is 2.01. The summed E-state index contributed by atoms with van der Waals surface area (Å²) in [5, 5.41) is 0. The number of nitrogens with zero attached hydrogens (tertiary/aromatic N) is 3. The molecule has 3 nitrogen and oxygen atoms in total. The van der Waals surface area contributed by atoms with E-state index in [0.29, 0.717) is 5.92 Å². The normalized spacial score (nSPS) is 11.2. The molecule has 2 aromatic heterocycles.